The minimum absolute atomic E-state index is 0.253. The molecule has 0 unspecified atom stereocenters. The number of carboxylic acids is 1. The van der Waals surface area contributed by atoms with Crippen LogP contribution >= 0.6 is 11.6 Å². The molecule has 1 N–H and O–H groups in total. The lowest BCUT2D eigenvalue weighted by Gasteiger charge is -2.00. The summed E-state index contributed by atoms with van der Waals surface area (Å²) in [4.78, 5) is 10.1. The molecule has 0 saturated heterocycles. The molecular weight excluding hydrogens is 214 g/mol. The molecule has 0 radical (unpaired) electrons. The van der Waals surface area contributed by atoms with Crippen molar-refractivity contribution in [2.45, 2.75) is 0 Å². The Morgan fingerprint density at radius 2 is 2.07 bits per heavy atom. The molecule has 74 valence electrons. The van der Waals surface area contributed by atoms with Gasteiger partial charge in [0.15, 0.2) is 5.82 Å². The van der Waals surface area contributed by atoms with Gasteiger partial charge in [-0.15, -0.1) is 0 Å². The molecule has 0 aliphatic rings. The van der Waals surface area contributed by atoms with Crippen LogP contribution in [0.3, 0.4) is 0 Å². The van der Waals surface area contributed by atoms with E-state index in [0.717, 1.165) is 18.2 Å². The summed E-state index contributed by atoms with van der Waals surface area (Å²) < 4.78 is 26.0. The number of halogens is 3. The van der Waals surface area contributed by atoms with Crippen LogP contribution in [0, 0.1) is 11.6 Å². The molecule has 1 aromatic rings. The van der Waals surface area contributed by atoms with Gasteiger partial charge in [-0.1, -0.05) is 11.6 Å². The molecule has 1 aromatic carbocycles. The van der Waals surface area contributed by atoms with Crippen molar-refractivity contribution in [3.05, 3.63) is 40.4 Å². The second kappa shape index (κ2) is 4.19. The first kappa shape index (κ1) is 10.7. The monoisotopic (exact) mass is 218 g/mol. The highest BCUT2D eigenvalue weighted by atomic mass is 35.5. The predicted octanol–water partition coefficient (Wildman–Crippen LogP) is 2.72. The quantitative estimate of drug-likeness (QED) is 0.612. The summed E-state index contributed by atoms with van der Waals surface area (Å²) in [5.74, 6) is -3.11. The third kappa shape index (κ3) is 2.29. The molecule has 0 aliphatic heterocycles. The summed E-state index contributed by atoms with van der Waals surface area (Å²) in [6.45, 7) is 0. The normalized spacial score (nSPS) is 10.8. The summed E-state index contributed by atoms with van der Waals surface area (Å²) >= 11 is 5.38. The van der Waals surface area contributed by atoms with Crippen LogP contribution in [0.5, 0.6) is 0 Å². The number of aliphatic carboxylic acids is 1. The molecule has 0 aliphatic carbocycles. The second-order valence-corrected chi connectivity index (χ2v) is 2.84. The van der Waals surface area contributed by atoms with Crippen LogP contribution in [0.4, 0.5) is 8.78 Å². The Morgan fingerprint density at radius 3 is 2.64 bits per heavy atom. The van der Waals surface area contributed by atoms with Gasteiger partial charge in [-0.3, -0.25) is 0 Å². The molecule has 0 heterocycles. The van der Waals surface area contributed by atoms with E-state index in [4.69, 9.17) is 16.7 Å². The number of carboxylic acid groups (broad SMARTS) is 1. The van der Waals surface area contributed by atoms with Crippen LogP contribution in [-0.4, -0.2) is 11.1 Å². The zero-order valence-corrected chi connectivity index (χ0v) is 7.55. The van der Waals surface area contributed by atoms with Gasteiger partial charge in [0.2, 0.25) is 0 Å². The first-order valence-electron chi connectivity index (χ1n) is 3.57. The summed E-state index contributed by atoms with van der Waals surface area (Å²) in [6.07, 6.45) is 1.46. The van der Waals surface area contributed by atoms with Crippen LogP contribution < -0.4 is 0 Å². The molecule has 0 amide bonds. The summed E-state index contributed by atoms with van der Waals surface area (Å²) in [6, 6.07) is 2.03. The topological polar surface area (TPSA) is 37.3 Å². The standard InChI is InChI=1S/C9H5ClF2O2/c10-6-2-3-7(11)5(9(6)12)1-4-8(13)14/h1-4H,(H,13,14)/b4-1+. The highest BCUT2D eigenvalue weighted by Crippen LogP contribution is 2.21. The lowest BCUT2D eigenvalue weighted by Crippen LogP contribution is -1.92. The maximum Gasteiger partial charge on any atom is 0.328 e. The number of rotatable bonds is 2. The molecule has 0 spiro atoms. The molecule has 14 heavy (non-hydrogen) atoms. The molecule has 0 fully saturated rings. The van der Waals surface area contributed by atoms with E-state index in [2.05, 4.69) is 0 Å². The van der Waals surface area contributed by atoms with Crippen LogP contribution in [0.1, 0.15) is 5.56 Å². The third-order valence-electron chi connectivity index (χ3n) is 1.47. The van der Waals surface area contributed by atoms with Crippen LogP contribution in [0.15, 0.2) is 18.2 Å². The predicted molar refractivity (Wildman–Crippen MR) is 48.0 cm³/mol. The SMILES string of the molecule is O=C(O)/C=C/c1c(F)ccc(Cl)c1F. The zero-order valence-electron chi connectivity index (χ0n) is 6.80. The smallest absolute Gasteiger partial charge is 0.328 e. The van der Waals surface area contributed by atoms with Gasteiger partial charge >= 0.3 is 5.97 Å². The lowest BCUT2D eigenvalue weighted by atomic mass is 10.2. The first-order chi connectivity index (χ1) is 6.52. The minimum atomic E-state index is -1.29. The first-order valence-corrected chi connectivity index (χ1v) is 3.94. The average Bonchev–Trinajstić information content (AvgIpc) is 2.11. The number of benzene rings is 1. The Hall–Kier alpha value is -1.42. The Balaban J connectivity index is 3.19. The van der Waals surface area contributed by atoms with E-state index >= 15 is 0 Å². The van der Waals surface area contributed by atoms with E-state index in [-0.39, 0.29) is 5.02 Å². The number of hydrogen-bond acceptors (Lipinski definition) is 1. The van der Waals surface area contributed by atoms with Crippen molar-refractivity contribution in [3.8, 4) is 0 Å². The van der Waals surface area contributed by atoms with Crippen LogP contribution in [0.2, 0.25) is 5.02 Å². The van der Waals surface area contributed by atoms with Crippen LogP contribution in [0.25, 0.3) is 6.08 Å². The lowest BCUT2D eigenvalue weighted by molar-refractivity contribution is -0.131. The summed E-state index contributed by atoms with van der Waals surface area (Å²) in [7, 11) is 0. The third-order valence-corrected chi connectivity index (χ3v) is 1.76. The maximum atomic E-state index is 13.1. The summed E-state index contributed by atoms with van der Waals surface area (Å²) in [5, 5.41) is 8.01. The highest BCUT2D eigenvalue weighted by molar-refractivity contribution is 6.30. The van der Waals surface area contributed by atoms with Gasteiger partial charge in [0.1, 0.15) is 5.82 Å². The number of hydrogen-bond donors (Lipinski definition) is 1. The Labute approximate surface area is 83.4 Å². The molecule has 2 nitrogen and oxygen atoms in total. The minimum Gasteiger partial charge on any atom is -0.478 e. The van der Waals surface area contributed by atoms with E-state index < -0.39 is 23.2 Å². The summed E-state index contributed by atoms with van der Waals surface area (Å²) in [5.41, 5.74) is -0.458. The number of carbonyl (C=O) groups is 1. The highest BCUT2D eigenvalue weighted by Gasteiger charge is 2.09. The van der Waals surface area contributed by atoms with Gasteiger partial charge in [0, 0.05) is 11.6 Å². The van der Waals surface area contributed by atoms with E-state index in [1.54, 1.807) is 0 Å². The molecule has 0 bridgehead atoms. The molecule has 0 aromatic heterocycles. The van der Waals surface area contributed by atoms with Crippen molar-refractivity contribution in [2.24, 2.45) is 0 Å². The Morgan fingerprint density at radius 1 is 1.43 bits per heavy atom. The Bertz CT molecular complexity index is 402. The van der Waals surface area contributed by atoms with Gasteiger partial charge < -0.3 is 5.11 Å². The van der Waals surface area contributed by atoms with E-state index in [0.29, 0.717) is 6.08 Å². The van der Waals surface area contributed by atoms with Crippen molar-refractivity contribution in [1.29, 1.82) is 0 Å². The van der Waals surface area contributed by atoms with Crippen molar-refractivity contribution in [3.63, 3.8) is 0 Å². The average molecular weight is 219 g/mol. The van der Waals surface area contributed by atoms with Gasteiger partial charge in [-0.2, -0.15) is 0 Å². The Kier molecular flexibility index (Phi) is 3.19. The van der Waals surface area contributed by atoms with E-state index in [1.807, 2.05) is 0 Å². The zero-order chi connectivity index (χ0) is 10.7. The van der Waals surface area contributed by atoms with E-state index in [1.165, 1.54) is 0 Å². The van der Waals surface area contributed by atoms with Gasteiger partial charge in [-0.25, -0.2) is 13.6 Å². The molecular formula is C9H5ClF2O2. The molecule has 1 rings (SSSR count). The van der Waals surface area contributed by atoms with Crippen molar-refractivity contribution < 1.29 is 18.7 Å². The largest absolute Gasteiger partial charge is 0.478 e. The van der Waals surface area contributed by atoms with E-state index in [9.17, 15) is 13.6 Å². The fraction of sp³-hybridized carbons (Fsp3) is 0. The van der Waals surface area contributed by atoms with Crippen molar-refractivity contribution >= 4 is 23.6 Å². The fourth-order valence-corrected chi connectivity index (χ4v) is 1.01. The van der Waals surface area contributed by atoms with Crippen LogP contribution in [-0.2, 0) is 4.79 Å². The van der Waals surface area contributed by atoms with Crippen molar-refractivity contribution in [1.82, 2.24) is 0 Å². The molecule has 5 heteroatoms. The maximum absolute atomic E-state index is 13.1. The molecule has 0 atom stereocenters. The second-order valence-electron chi connectivity index (χ2n) is 2.43. The van der Waals surface area contributed by atoms with Gasteiger partial charge in [0.05, 0.1) is 5.02 Å². The van der Waals surface area contributed by atoms with Gasteiger partial charge in [0.25, 0.3) is 0 Å². The molecule has 0 saturated carbocycles. The van der Waals surface area contributed by atoms with Crippen molar-refractivity contribution in [2.75, 3.05) is 0 Å². The van der Waals surface area contributed by atoms with Gasteiger partial charge in [-0.05, 0) is 18.2 Å². The fourth-order valence-electron chi connectivity index (χ4n) is 0.850.